The Morgan fingerprint density at radius 1 is 1.05 bits per heavy atom. The third-order valence-electron chi connectivity index (χ3n) is 3.55. The summed E-state index contributed by atoms with van der Waals surface area (Å²) >= 11 is 0. The lowest BCUT2D eigenvalue weighted by Crippen LogP contribution is -2.22. The van der Waals surface area contributed by atoms with Gasteiger partial charge in [-0.2, -0.15) is 0 Å². The van der Waals surface area contributed by atoms with Crippen molar-refractivity contribution in [1.29, 1.82) is 0 Å². The van der Waals surface area contributed by atoms with Crippen molar-refractivity contribution >= 4 is 5.69 Å². The molecule has 0 saturated carbocycles. The van der Waals surface area contributed by atoms with Crippen LogP contribution in [0.15, 0.2) is 40.8 Å². The van der Waals surface area contributed by atoms with Crippen molar-refractivity contribution < 1.29 is 4.42 Å². The molecular weight excluding hydrogens is 248 g/mol. The standard InChI is InChI=1S/C17H24N2O/c1-4-19(5-2)13-15-8-6-7-9-17(15)18-12-16-11-10-14(3)20-16/h6-11,18H,4-5,12-13H2,1-3H3. The van der Waals surface area contributed by atoms with Crippen LogP contribution in [0.3, 0.4) is 0 Å². The van der Waals surface area contributed by atoms with Gasteiger partial charge in [-0.25, -0.2) is 0 Å². The van der Waals surface area contributed by atoms with E-state index in [0.717, 1.165) is 37.7 Å². The van der Waals surface area contributed by atoms with Gasteiger partial charge in [0.2, 0.25) is 0 Å². The van der Waals surface area contributed by atoms with Crippen LogP contribution < -0.4 is 5.32 Å². The van der Waals surface area contributed by atoms with Crippen LogP contribution in [0.2, 0.25) is 0 Å². The Balaban J connectivity index is 2.03. The average molecular weight is 272 g/mol. The van der Waals surface area contributed by atoms with Crippen LogP contribution in [-0.2, 0) is 13.1 Å². The number of nitrogens with zero attached hydrogens (tertiary/aromatic N) is 1. The van der Waals surface area contributed by atoms with Gasteiger partial charge in [0.1, 0.15) is 11.5 Å². The van der Waals surface area contributed by atoms with E-state index >= 15 is 0 Å². The molecule has 0 unspecified atom stereocenters. The van der Waals surface area contributed by atoms with Crippen molar-refractivity contribution in [3.63, 3.8) is 0 Å². The zero-order chi connectivity index (χ0) is 14.4. The van der Waals surface area contributed by atoms with Crippen LogP contribution in [0, 0.1) is 6.92 Å². The average Bonchev–Trinajstić information content (AvgIpc) is 2.89. The fourth-order valence-corrected chi connectivity index (χ4v) is 2.28. The Morgan fingerprint density at radius 2 is 1.80 bits per heavy atom. The molecule has 0 aliphatic rings. The van der Waals surface area contributed by atoms with E-state index in [2.05, 4.69) is 48.3 Å². The fraction of sp³-hybridized carbons (Fsp3) is 0.412. The molecule has 0 spiro atoms. The molecule has 3 nitrogen and oxygen atoms in total. The molecule has 0 atom stereocenters. The summed E-state index contributed by atoms with van der Waals surface area (Å²) in [4.78, 5) is 2.41. The molecule has 0 aliphatic heterocycles. The number of para-hydroxylation sites is 1. The number of aryl methyl sites for hydroxylation is 1. The van der Waals surface area contributed by atoms with Gasteiger partial charge in [-0.1, -0.05) is 32.0 Å². The van der Waals surface area contributed by atoms with Crippen molar-refractivity contribution in [1.82, 2.24) is 4.90 Å². The van der Waals surface area contributed by atoms with Crippen molar-refractivity contribution in [3.8, 4) is 0 Å². The first-order chi connectivity index (χ1) is 9.72. The summed E-state index contributed by atoms with van der Waals surface area (Å²) in [5, 5.41) is 3.48. The van der Waals surface area contributed by atoms with Crippen LogP contribution in [0.5, 0.6) is 0 Å². The Kier molecular flexibility index (Phi) is 5.24. The Hall–Kier alpha value is -1.74. The largest absolute Gasteiger partial charge is 0.465 e. The summed E-state index contributed by atoms with van der Waals surface area (Å²) in [5.41, 5.74) is 2.52. The van der Waals surface area contributed by atoms with Gasteiger partial charge in [0.15, 0.2) is 0 Å². The molecule has 0 amide bonds. The van der Waals surface area contributed by atoms with Crippen LogP contribution in [-0.4, -0.2) is 18.0 Å². The smallest absolute Gasteiger partial charge is 0.123 e. The Bertz CT molecular complexity index is 529. The van der Waals surface area contributed by atoms with Gasteiger partial charge in [-0.05, 0) is 43.8 Å². The van der Waals surface area contributed by atoms with E-state index < -0.39 is 0 Å². The molecule has 2 rings (SSSR count). The van der Waals surface area contributed by atoms with Crippen LogP contribution in [0.1, 0.15) is 30.9 Å². The van der Waals surface area contributed by atoms with Crippen LogP contribution in [0.4, 0.5) is 5.69 Å². The highest BCUT2D eigenvalue weighted by atomic mass is 16.3. The number of furan rings is 1. The summed E-state index contributed by atoms with van der Waals surface area (Å²) in [6.07, 6.45) is 0. The van der Waals surface area contributed by atoms with Crippen LogP contribution >= 0.6 is 0 Å². The monoisotopic (exact) mass is 272 g/mol. The van der Waals surface area contributed by atoms with E-state index in [-0.39, 0.29) is 0 Å². The van der Waals surface area contributed by atoms with Crippen LogP contribution in [0.25, 0.3) is 0 Å². The lowest BCUT2D eigenvalue weighted by molar-refractivity contribution is 0.296. The lowest BCUT2D eigenvalue weighted by Gasteiger charge is -2.20. The highest BCUT2D eigenvalue weighted by Gasteiger charge is 2.06. The first-order valence-corrected chi connectivity index (χ1v) is 7.32. The van der Waals surface area contributed by atoms with Crippen molar-refractivity contribution in [3.05, 3.63) is 53.5 Å². The Morgan fingerprint density at radius 3 is 2.45 bits per heavy atom. The molecule has 0 bridgehead atoms. The summed E-state index contributed by atoms with van der Waals surface area (Å²) in [7, 11) is 0. The van der Waals surface area contributed by atoms with Gasteiger partial charge >= 0.3 is 0 Å². The first kappa shape index (κ1) is 14.7. The second-order valence-corrected chi connectivity index (χ2v) is 4.98. The molecule has 3 heteroatoms. The number of hydrogen-bond donors (Lipinski definition) is 1. The summed E-state index contributed by atoms with van der Waals surface area (Å²) in [5.74, 6) is 1.93. The fourth-order valence-electron chi connectivity index (χ4n) is 2.28. The quantitative estimate of drug-likeness (QED) is 0.824. The Labute approximate surface area is 121 Å². The number of hydrogen-bond acceptors (Lipinski definition) is 3. The predicted molar refractivity (Wildman–Crippen MR) is 83.8 cm³/mol. The molecule has 0 radical (unpaired) electrons. The third-order valence-corrected chi connectivity index (χ3v) is 3.55. The highest BCUT2D eigenvalue weighted by Crippen LogP contribution is 2.18. The van der Waals surface area contributed by atoms with Gasteiger partial charge in [0, 0.05) is 12.2 Å². The molecule has 1 aromatic carbocycles. The van der Waals surface area contributed by atoms with Crippen molar-refractivity contribution in [2.24, 2.45) is 0 Å². The molecule has 0 saturated heterocycles. The molecule has 0 aliphatic carbocycles. The SMILES string of the molecule is CCN(CC)Cc1ccccc1NCc1ccc(C)o1. The van der Waals surface area contributed by atoms with E-state index in [0.29, 0.717) is 0 Å². The normalized spacial score (nSPS) is 11.0. The van der Waals surface area contributed by atoms with Gasteiger partial charge in [-0.3, -0.25) is 4.90 Å². The minimum atomic E-state index is 0.725. The maximum atomic E-state index is 5.60. The van der Waals surface area contributed by atoms with Gasteiger partial charge < -0.3 is 9.73 Å². The van der Waals surface area contributed by atoms with Crippen molar-refractivity contribution in [2.75, 3.05) is 18.4 Å². The minimum absolute atomic E-state index is 0.725. The lowest BCUT2D eigenvalue weighted by atomic mass is 10.1. The van der Waals surface area contributed by atoms with Crippen molar-refractivity contribution in [2.45, 2.75) is 33.9 Å². The van der Waals surface area contributed by atoms with Gasteiger partial charge in [0.05, 0.1) is 6.54 Å². The van der Waals surface area contributed by atoms with E-state index in [4.69, 9.17) is 4.42 Å². The maximum absolute atomic E-state index is 5.60. The number of benzene rings is 1. The number of nitrogens with one attached hydrogen (secondary N) is 1. The van der Waals surface area contributed by atoms with Gasteiger partial charge in [0.25, 0.3) is 0 Å². The summed E-state index contributed by atoms with van der Waals surface area (Å²) < 4.78 is 5.60. The zero-order valence-corrected chi connectivity index (χ0v) is 12.6. The van der Waals surface area contributed by atoms with E-state index in [1.807, 2.05) is 19.1 Å². The molecule has 1 aromatic heterocycles. The molecule has 1 heterocycles. The molecule has 1 N–H and O–H groups in total. The minimum Gasteiger partial charge on any atom is -0.465 e. The second-order valence-electron chi connectivity index (χ2n) is 4.98. The predicted octanol–water partition coefficient (Wildman–Crippen LogP) is 4.04. The molecule has 0 fully saturated rings. The molecule has 20 heavy (non-hydrogen) atoms. The van der Waals surface area contributed by atoms with E-state index in [9.17, 15) is 0 Å². The summed E-state index contributed by atoms with van der Waals surface area (Å²) in [6.45, 7) is 10.2. The maximum Gasteiger partial charge on any atom is 0.123 e. The molecular formula is C17H24N2O. The topological polar surface area (TPSA) is 28.4 Å². The first-order valence-electron chi connectivity index (χ1n) is 7.32. The second kappa shape index (κ2) is 7.15. The highest BCUT2D eigenvalue weighted by molar-refractivity contribution is 5.51. The van der Waals surface area contributed by atoms with E-state index in [1.54, 1.807) is 0 Å². The third kappa shape index (κ3) is 3.87. The number of rotatable bonds is 7. The van der Waals surface area contributed by atoms with E-state index in [1.165, 1.54) is 11.3 Å². The summed E-state index contributed by atoms with van der Waals surface area (Å²) in [6, 6.07) is 12.5. The van der Waals surface area contributed by atoms with Gasteiger partial charge in [-0.15, -0.1) is 0 Å². The molecule has 2 aromatic rings. The molecule has 108 valence electrons. The number of anilines is 1. The zero-order valence-electron chi connectivity index (χ0n) is 12.6.